The number of aliphatic hydroxyl groups is 1. The number of aryl methyl sites for hydroxylation is 1. The van der Waals surface area contributed by atoms with Gasteiger partial charge in [-0.3, -0.25) is 0 Å². The number of hydrogen-bond acceptors (Lipinski definition) is 6. The van der Waals surface area contributed by atoms with Crippen LogP contribution in [-0.4, -0.2) is 45.5 Å². The first-order valence-electron chi connectivity index (χ1n) is 8.45. The van der Waals surface area contributed by atoms with E-state index >= 15 is 0 Å². The van der Waals surface area contributed by atoms with Crippen LogP contribution in [0.25, 0.3) is 0 Å². The Morgan fingerprint density at radius 1 is 1.29 bits per heavy atom. The van der Waals surface area contributed by atoms with Gasteiger partial charge in [0.25, 0.3) is 0 Å². The summed E-state index contributed by atoms with van der Waals surface area (Å²) in [4.78, 5) is 19.0. The first-order valence-corrected chi connectivity index (χ1v) is 8.45. The van der Waals surface area contributed by atoms with E-state index in [1.165, 1.54) is 0 Å². The third-order valence-electron chi connectivity index (χ3n) is 3.84. The summed E-state index contributed by atoms with van der Waals surface area (Å²) in [5.41, 5.74) is 7.50. The highest BCUT2D eigenvalue weighted by atomic mass is 16.4. The molecule has 1 atom stereocenters. The number of unbranched alkanes of at least 4 members (excludes halogenated alkanes) is 1. The zero-order valence-corrected chi connectivity index (χ0v) is 14.5. The molecule has 1 amide bonds. The van der Waals surface area contributed by atoms with Gasteiger partial charge in [-0.2, -0.15) is 4.98 Å². The topological polar surface area (TPSA) is 133 Å². The molecule has 0 spiro atoms. The van der Waals surface area contributed by atoms with Crippen molar-refractivity contribution in [2.45, 2.75) is 58.4 Å². The predicted molar refractivity (Wildman–Crippen MR) is 94.2 cm³/mol. The predicted octanol–water partition coefficient (Wildman–Crippen LogP) is 1.92. The van der Waals surface area contributed by atoms with Gasteiger partial charge in [-0.05, 0) is 32.6 Å². The molecule has 24 heavy (non-hydrogen) atoms. The molecule has 1 unspecified atom stereocenters. The number of hydrogen-bond donors (Lipinski definition) is 5. The minimum atomic E-state index is -1.03. The van der Waals surface area contributed by atoms with E-state index in [1.807, 2.05) is 6.92 Å². The summed E-state index contributed by atoms with van der Waals surface area (Å²) >= 11 is 0. The van der Waals surface area contributed by atoms with Crippen LogP contribution in [0.2, 0.25) is 0 Å². The van der Waals surface area contributed by atoms with Gasteiger partial charge in [0, 0.05) is 30.5 Å². The first kappa shape index (κ1) is 20.0. The standard InChI is InChI=1S/C16H29N5O3/c1-3-4-6-12(8-10-22)20-14-13(7-5-9-18-16(23)24)11(2)19-15(17)21-14/h12,18,22H,3-10H2,1-2H3,(H,23,24)(H3,17,19,20,21). The molecule has 0 radical (unpaired) electrons. The van der Waals surface area contributed by atoms with E-state index in [2.05, 4.69) is 27.5 Å². The van der Waals surface area contributed by atoms with Crippen LogP contribution in [0, 0.1) is 6.92 Å². The first-order chi connectivity index (χ1) is 11.5. The average Bonchev–Trinajstić information content (AvgIpc) is 2.50. The largest absolute Gasteiger partial charge is 0.465 e. The van der Waals surface area contributed by atoms with Crippen molar-refractivity contribution in [3.63, 3.8) is 0 Å². The second-order valence-corrected chi connectivity index (χ2v) is 5.83. The molecule has 1 heterocycles. The maximum atomic E-state index is 10.5. The summed E-state index contributed by atoms with van der Waals surface area (Å²) in [5, 5.41) is 23.6. The van der Waals surface area contributed by atoms with Crippen LogP contribution in [0.5, 0.6) is 0 Å². The molecule has 1 rings (SSSR count). The van der Waals surface area contributed by atoms with Crippen molar-refractivity contribution in [1.82, 2.24) is 15.3 Å². The summed E-state index contributed by atoms with van der Waals surface area (Å²) in [7, 11) is 0. The lowest BCUT2D eigenvalue weighted by Gasteiger charge is -2.21. The molecule has 0 aliphatic heterocycles. The van der Waals surface area contributed by atoms with Gasteiger partial charge in [0.1, 0.15) is 5.82 Å². The number of aromatic nitrogens is 2. The van der Waals surface area contributed by atoms with Crippen LogP contribution in [0.4, 0.5) is 16.6 Å². The third-order valence-corrected chi connectivity index (χ3v) is 3.84. The van der Waals surface area contributed by atoms with Crippen LogP contribution >= 0.6 is 0 Å². The fraction of sp³-hybridized carbons (Fsp3) is 0.688. The molecule has 0 aliphatic carbocycles. The van der Waals surface area contributed by atoms with E-state index in [1.54, 1.807) is 0 Å². The molecule has 1 aromatic rings. The lowest BCUT2D eigenvalue weighted by atomic mass is 10.0. The van der Waals surface area contributed by atoms with Gasteiger partial charge < -0.3 is 26.6 Å². The Labute approximate surface area is 142 Å². The Balaban J connectivity index is 2.83. The molecule has 0 aromatic carbocycles. The molecule has 6 N–H and O–H groups in total. The van der Waals surface area contributed by atoms with Gasteiger partial charge in [0.05, 0.1) is 0 Å². The Kier molecular flexibility index (Phi) is 8.85. The molecule has 8 heteroatoms. The molecule has 0 saturated heterocycles. The number of anilines is 2. The van der Waals surface area contributed by atoms with Gasteiger partial charge in [-0.25, -0.2) is 9.78 Å². The van der Waals surface area contributed by atoms with Gasteiger partial charge >= 0.3 is 6.09 Å². The van der Waals surface area contributed by atoms with E-state index in [9.17, 15) is 9.90 Å². The van der Waals surface area contributed by atoms with Crippen molar-refractivity contribution in [2.24, 2.45) is 0 Å². The van der Waals surface area contributed by atoms with Crippen molar-refractivity contribution in [2.75, 3.05) is 24.2 Å². The van der Waals surface area contributed by atoms with Crippen LogP contribution in [0.3, 0.4) is 0 Å². The molecule has 0 fully saturated rings. The SMILES string of the molecule is CCCCC(CCO)Nc1nc(N)nc(C)c1CCCNC(=O)O. The maximum Gasteiger partial charge on any atom is 0.404 e. The van der Waals surface area contributed by atoms with E-state index in [-0.39, 0.29) is 18.6 Å². The smallest absolute Gasteiger partial charge is 0.404 e. The van der Waals surface area contributed by atoms with Gasteiger partial charge in [-0.1, -0.05) is 19.8 Å². The molecule has 0 saturated carbocycles. The average molecular weight is 339 g/mol. The molecular weight excluding hydrogens is 310 g/mol. The van der Waals surface area contributed by atoms with Gasteiger partial charge in [-0.15, -0.1) is 0 Å². The third kappa shape index (κ3) is 6.99. The van der Waals surface area contributed by atoms with Gasteiger partial charge in [0.15, 0.2) is 0 Å². The number of nitrogens with one attached hydrogen (secondary N) is 2. The minimum Gasteiger partial charge on any atom is -0.465 e. The number of carbonyl (C=O) groups is 1. The second-order valence-electron chi connectivity index (χ2n) is 5.83. The monoisotopic (exact) mass is 339 g/mol. The molecule has 0 bridgehead atoms. The molecule has 8 nitrogen and oxygen atoms in total. The van der Waals surface area contributed by atoms with E-state index in [0.717, 1.165) is 30.5 Å². The normalized spacial score (nSPS) is 12.0. The van der Waals surface area contributed by atoms with E-state index in [0.29, 0.717) is 31.6 Å². The number of carboxylic acid groups (broad SMARTS) is 1. The second kappa shape index (κ2) is 10.6. The summed E-state index contributed by atoms with van der Waals surface area (Å²) in [6, 6.07) is 0.125. The van der Waals surface area contributed by atoms with Crippen LogP contribution in [0.15, 0.2) is 0 Å². The highest BCUT2D eigenvalue weighted by Crippen LogP contribution is 2.21. The zero-order chi connectivity index (χ0) is 17.9. The Morgan fingerprint density at radius 2 is 2.04 bits per heavy atom. The lowest BCUT2D eigenvalue weighted by Crippen LogP contribution is -2.24. The van der Waals surface area contributed by atoms with E-state index in [4.69, 9.17) is 10.8 Å². The summed E-state index contributed by atoms with van der Waals surface area (Å²) < 4.78 is 0. The van der Waals surface area contributed by atoms with E-state index < -0.39 is 6.09 Å². The quantitative estimate of drug-likeness (QED) is 0.389. The zero-order valence-electron chi connectivity index (χ0n) is 14.5. The fourth-order valence-corrected chi connectivity index (χ4v) is 2.59. The Morgan fingerprint density at radius 3 is 2.67 bits per heavy atom. The summed E-state index contributed by atoms with van der Waals surface area (Å²) in [6.45, 7) is 4.48. The Hall–Kier alpha value is -2.09. The number of nitrogen functional groups attached to an aromatic ring is 1. The van der Waals surface area contributed by atoms with Crippen molar-refractivity contribution >= 4 is 17.9 Å². The molecular formula is C16H29N5O3. The van der Waals surface area contributed by atoms with Crippen LogP contribution in [-0.2, 0) is 6.42 Å². The summed E-state index contributed by atoms with van der Waals surface area (Å²) in [5.74, 6) is 0.894. The fourth-order valence-electron chi connectivity index (χ4n) is 2.59. The number of rotatable bonds is 11. The van der Waals surface area contributed by atoms with Crippen molar-refractivity contribution in [3.8, 4) is 0 Å². The maximum absolute atomic E-state index is 10.5. The number of aliphatic hydroxyl groups excluding tert-OH is 1. The van der Waals surface area contributed by atoms with Crippen LogP contribution < -0.4 is 16.4 Å². The van der Waals surface area contributed by atoms with Crippen molar-refractivity contribution in [3.05, 3.63) is 11.3 Å². The molecule has 136 valence electrons. The molecule has 0 aliphatic rings. The number of nitrogens with zero attached hydrogens (tertiary/aromatic N) is 2. The van der Waals surface area contributed by atoms with Gasteiger partial charge in [0.2, 0.25) is 5.95 Å². The number of nitrogens with two attached hydrogens (primary N) is 1. The number of amides is 1. The minimum absolute atomic E-state index is 0.110. The van der Waals surface area contributed by atoms with Crippen LogP contribution in [0.1, 0.15) is 50.3 Å². The lowest BCUT2D eigenvalue weighted by molar-refractivity contribution is 0.194. The molecule has 1 aromatic heterocycles. The highest BCUT2D eigenvalue weighted by Gasteiger charge is 2.15. The highest BCUT2D eigenvalue weighted by molar-refractivity contribution is 5.64. The van der Waals surface area contributed by atoms with Crippen molar-refractivity contribution < 1.29 is 15.0 Å². The Bertz CT molecular complexity index is 525. The summed E-state index contributed by atoms with van der Waals surface area (Å²) in [6.07, 6.45) is 4.00. The van der Waals surface area contributed by atoms with Crippen molar-refractivity contribution in [1.29, 1.82) is 0 Å².